The fourth-order valence-corrected chi connectivity index (χ4v) is 2.61. The van der Waals surface area contributed by atoms with Crippen LogP contribution in [0.1, 0.15) is 36.7 Å². The van der Waals surface area contributed by atoms with Crippen LogP contribution in [0.2, 0.25) is 0 Å². The van der Waals surface area contributed by atoms with Gasteiger partial charge in [0.05, 0.1) is 7.11 Å². The highest BCUT2D eigenvalue weighted by Crippen LogP contribution is 2.24. The molecule has 1 aromatic heterocycles. The van der Waals surface area contributed by atoms with Crippen LogP contribution in [-0.2, 0) is 4.84 Å². The minimum Gasteiger partial charge on any atom is -0.343 e. The molecule has 0 bridgehead atoms. The van der Waals surface area contributed by atoms with Gasteiger partial charge in [0.1, 0.15) is 5.82 Å². The van der Waals surface area contributed by atoms with Crippen LogP contribution in [-0.4, -0.2) is 36.6 Å². The Hall–Kier alpha value is -2.74. The average Bonchev–Trinajstić information content (AvgIpc) is 2.55. The molecule has 27 heavy (non-hydrogen) atoms. The fourth-order valence-electron chi connectivity index (χ4n) is 2.61. The van der Waals surface area contributed by atoms with E-state index < -0.39 is 5.95 Å². The number of hydroxylamine groups is 1. The molecule has 0 radical (unpaired) electrons. The molecular formula is C19H26FN5O2. The Morgan fingerprint density at radius 3 is 2.59 bits per heavy atom. The molecule has 0 aliphatic rings. The molecule has 0 saturated carbocycles. The Morgan fingerprint density at radius 2 is 1.96 bits per heavy atom. The Kier molecular flexibility index (Phi) is 6.32. The number of carbonyl (C=O) groups excluding carboxylic acids is 1. The smallest absolute Gasteiger partial charge is 0.274 e. The van der Waals surface area contributed by atoms with Crippen LogP contribution in [0, 0.1) is 18.3 Å². The van der Waals surface area contributed by atoms with Gasteiger partial charge < -0.3 is 10.2 Å². The van der Waals surface area contributed by atoms with Crippen LogP contribution in [0.25, 0.3) is 0 Å². The summed E-state index contributed by atoms with van der Waals surface area (Å²) in [5.74, 6) is -0.404. The summed E-state index contributed by atoms with van der Waals surface area (Å²) in [5, 5.41) is 3.07. The van der Waals surface area contributed by atoms with Gasteiger partial charge in [-0.3, -0.25) is 9.63 Å². The van der Waals surface area contributed by atoms with Crippen molar-refractivity contribution in [3.8, 4) is 0 Å². The van der Waals surface area contributed by atoms with Crippen LogP contribution in [0.5, 0.6) is 0 Å². The Morgan fingerprint density at radius 1 is 1.26 bits per heavy atom. The number of hydrogen-bond donors (Lipinski definition) is 2. The zero-order valence-corrected chi connectivity index (χ0v) is 16.6. The van der Waals surface area contributed by atoms with Crippen molar-refractivity contribution in [3.05, 3.63) is 41.3 Å². The first-order chi connectivity index (χ1) is 12.6. The van der Waals surface area contributed by atoms with Gasteiger partial charge in [0, 0.05) is 30.9 Å². The Bertz CT molecular complexity index is 820. The number of amides is 1. The lowest BCUT2D eigenvalue weighted by Gasteiger charge is -2.26. The minimum absolute atomic E-state index is 0.0116. The Balaban J connectivity index is 2.29. The molecule has 0 aliphatic heterocycles. The van der Waals surface area contributed by atoms with E-state index in [-0.39, 0.29) is 11.3 Å². The maximum absolute atomic E-state index is 14.0. The van der Waals surface area contributed by atoms with E-state index in [0.717, 1.165) is 5.56 Å². The lowest BCUT2D eigenvalue weighted by atomic mass is 9.96. The van der Waals surface area contributed by atoms with Gasteiger partial charge in [-0.25, -0.2) is 5.48 Å². The summed E-state index contributed by atoms with van der Waals surface area (Å²) in [5.41, 5.74) is 4.21. The number of benzene rings is 1. The number of nitrogens with zero attached hydrogens (tertiary/aromatic N) is 3. The largest absolute Gasteiger partial charge is 0.343 e. The third kappa shape index (κ3) is 5.89. The summed E-state index contributed by atoms with van der Waals surface area (Å²) in [4.78, 5) is 26.7. The number of carbonyl (C=O) groups is 1. The van der Waals surface area contributed by atoms with Gasteiger partial charge in [-0.05, 0) is 30.0 Å². The third-order valence-electron chi connectivity index (χ3n) is 3.69. The van der Waals surface area contributed by atoms with Crippen molar-refractivity contribution in [2.45, 2.75) is 27.7 Å². The molecule has 0 saturated heterocycles. The summed E-state index contributed by atoms with van der Waals surface area (Å²) in [7, 11) is 3.19. The highest BCUT2D eigenvalue weighted by molar-refractivity contribution is 5.94. The molecule has 0 spiro atoms. The summed E-state index contributed by atoms with van der Waals surface area (Å²) in [6, 6.07) is 6.34. The lowest BCUT2D eigenvalue weighted by Crippen LogP contribution is -2.30. The first-order valence-electron chi connectivity index (χ1n) is 8.56. The van der Waals surface area contributed by atoms with Crippen molar-refractivity contribution in [1.82, 2.24) is 15.4 Å². The molecule has 8 heteroatoms. The zero-order valence-electron chi connectivity index (χ0n) is 16.6. The third-order valence-corrected chi connectivity index (χ3v) is 3.69. The zero-order chi connectivity index (χ0) is 20.2. The van der Waals surface area contributed by atoms with Gasteiger partial charge >= 0.3 is 0 Å². The lowest BCUT2D eigenvalue weighted by molar-refractivity contribution is 0.0537. The maximum atomic E-state index is 14.0. The predicted molar refractivity (Wildman–Crippen MR) is 104 cm³/mol. The average molecular weight is 375 g/mol. The van der Waals surface area contributed by atoms with Gasteiger partial charge in [0.25, 0.3) is 5.91 Å². The molecule has 0 fully saturated rings. The number of nitrogens with one attached hydrogen (secondary N) is 2. The van der Waals surface area contributed by atoms with Gasteiger partial charge in [0.15, 0.2) is 0 Å². The number of halogens is 1. The summed E-state index contributed by atoms with van der Waals surface area (Å²) in [6.07, 6.45) is 0. The molecule has 146 valence electrons. The summed E-state index contributed by atoms with van der Waals surface area (Å²) in [6.45, 7) is 8.80. The molecule has 1 heterocycles. The SMILES string of the molecule is CONC(=O)c1ccc(C)c(Nc2cc(F)nc(N(C)CC(C)(C)C)n2)c1. The minimum atomic E-state index is -0.630. The van der Waals surface area contributed by atoms with E-state index in [0.29, 0.717) is 29.6 Å². The van der Waals surface area contributed by atoms with Crippen molar-refractivity contribution in [3.63, 3.8) is 0 Å². The fraction of sp³-hybridized carbons (Fsp3) is 0.421. The maximum Gasteiger partial charge on any atom is 0.274 e. The number of rotatable bonds is 6. The molecule has 0 atom stereocenters. The second-order valence-corrected chi connectivity index (χ2v) is 7.58. The topological polar surface area (TPSA) is 79.4 Å². The first-order valence-corrected chi connectivity index (χ1v) is 8.56. The molecule has 0 unspecified atom stereocenters. The van der Waals surface area contributed by atoms with E-state index in [4.69, 9.17) is 0 Å². The molecule has 7 nitrogen and oxygen atoms in total. The second-order valence-electron chi connectivity index (χ2n) is 7.58. The van der Waals surface area contributed by atoms with Crippen LogP contribution < -0.4 is 15.7 Å². The first kappa shape index (κ1) is 20.6. The van der Waals surface area contributed by atoms with Crippen LogP contribution in [0.4, 0.5) is 21.8 Å². The molecule has 2 rings (SSSR count). The molecular weight excluding hydrogens is 349 g/mol. The van der Waals surface area contributed by atoms with Gasteiger partial charge in [-0.2, -0.15) is 14.4 Å². The second kappa shape index (κ2) is 8.30. The van der Waals surface area contributed by atoms with E-state index in [9.17, 15) is 9.18 Å². The number of aromatic nitrogens is 2. The van der Waals surface area contributed by atoms with E-state index in [1.807, 2.05) is 18.9 Å². The summed E-state index contributed by atoms with van der Waals surface area (Å²) >= 11 is 0. The highest BCUT2D eigenvalue weighted by atomic mass is 19.1. The highest BCUT2D eigenvalue weighted by Gasteiger charge is 2.17. The molecule has 2 N–H and O–H groups in total. The molecule has 2 aromatic rings. The van der Waals surface area contributed by atoms with Crippen LogP contribution in [0.15, 0.2) is 24.3 Å². The van der Waals surface area contributed by atoms with Crippen LogP contribution in [0.3, 0.4) is 0 Å². The van der Waals surface area contributed by atoms with Gasteiger partial charge in [-0.15, -0.1) is 0 Å². The van der Waals surface area contributed by atoms with E-state index in [2.05, 4.69) is 46.4 Å². The normalized spacial score (nSPS) is 11.2. The van der Waals surface area contributed by atoms with Crippen LogP contribution >= 0.6 is 0 Å². The summed E-state index contributed by atoms with van der Waals surface area (Å²) < 4.78 is 14.0. The van der Waals surface area contributed by atoms with Crippen molar-refractivity contribution in [1.29, 1.82) is 0 Å². The van der Waals surface area contributed by atoms with E-state index in [1.54, 1.807) is 18.2 Å². The predicted octanol–water partition coefficient (Wildman–Crippen LogP) is 3.44. The number of aryl methyl sites for hydroxylation is 1. The van der Waals surface area contributed by atoms with Crippen molar-refractivity contribution >= 4 is 23.4 Å². The van der Waals surface area contributed by atoms with E-state index in [1.165, 1.54) is 13.2 Å². The van der Waals surface area contributed by atoms with Crippen molar-refractivity contribution in [2.75, 3.05) is 30.9 Å². The van der Waals surface area contributed by atoms with Crippen molar-refractivity contribution < 1.29 is 14.0 Å². The Labute approximate surface area is 158 Å². The number of anilines is 3. The molecule has 1 aromatic carbocycles. The van der Waals surface area contributed by atoms with Gasteiger partial charge in [-0.1, -0.05) is 26.8 Å². The van der Waals surface area contributed by atoms with Gasteiger partial charge in [0.2, 0.25) is 11.9 Å². The standard InChI is InChI=1S/C19H26FN5O2/c1-12-7-8-13(17(26)24-27-6)9-14(12)21-16-10-15(20)22-18(23-16)25(5)11-19(2,3)4/h7-10H,11H2,1-6H3,(H,24,26)(H,21,22,23). The quantitative estimate of drug-likeness (QED) is 0.595. The monoisotopic (exact) mass is 375 g/mol. The van der Waals surface area contributed by atoms with Crippen molar-refractivity contribution in [2.24, 2.45) is 5.41 Å². The molecule has 0 aliphatic carbocycles. The number of hydrogen-bond acceptors (Lipinski definition) is 6. The van der Waals surface area contributed by atoms with E-state index >= 15 is 0 Å². The molecule has 1 amide bonds.